The Bertz CT molecular complexity index is 722. The van der Waals surface area contributed by atoms with Crippen LogP contribution < -0.4 is 4.74 Å². The van der Waals surface area contributed by atoms with Crippen molar-refractivity contribution < 1.29 is 13.9 Å². The van der Waals surface area contributed by atoms with Crippen molar-refractivity contribution in [3.8, 4) is 5.75 Å². The number of likely N-dealkylation sites (tertiary alicyclic amines) is 1. The summed E-state index contributed by atoms with van der Waals surface area (Å²) in [5, 5.41) is 8.38. The third-order valence-electron chi connectivity index (χ3n) is 4.63. The molecule has 1 fully saturated rings. The highest BCUT2D eigenvalue weighted by Gasteiger charge is 2.29. The van der Waals surface area contributed by atoms with Crippen molar-refractivity contribution in [2.45, 2.75) is 63.9 Å². The quantitative estimate of drug-likeness (QED) is 0.715. The summed E-state index contributed by atoms with van der Waals surface area (Å²) in [6, 6.07) is 8.38. The van der Waals surface area contributed by atoms with Gasteiger partial charge in [-0.1, -0.05) is 29.5 Å². The number of hydrogen-bond acceptors (Lipinski definition) is 6. The van der Waals surface area contributed by atoms with Gasteiger partial charge >= 0.3 is 0 Å². The summed E-state index contributed by atoms with van der Waals surface area (Å²) < 4.78 is 11.2. The van der Waals surface area contributed by atoms with E-state index < -0.39 is 0 Å². The first-order valence-corrected chi connectivity index (χ1v) is 9.97. The summed E-state index contributed by atoms with van der Waals surface area (Å²) in [7, 11) is 0. The van der Waals surface area contributed by atoms with Crippen LogP contribution in [0, 0.1) is 6.92 Å². The minimum Gasteiger partial charge on any atom is -0.484 e. The minimum absolute atomic E-state index is 0.130. The number of carbonyl (C=O) groups excluding carboxylic acids is 1. The van der Waals surface area contributed by atoms with Crippen LogP contribution in [0.4, 0.5) is 0 Å². The van der Waals surface area contributed by atoms with Crippen molar-refractivity contribution in [2.24, 2.45) is 0 Å². The Labute approximate surface area is 158 Å². The lowest BCUT2D eigenvalue weighted by Gasteiger charge is -2.39. The molecule has 0 bridgehead atoms. The Morgan fingerprint density at radius 1 is 1.23 bits per heavy atom. The largest absolute Gasteiger partial charge is 0.484 e. The van der Waals surface area contributed by atoms with E-state index in [1.165, 1.54) is 23.7 Å². The number of carbonyl (C=O) groups is 1. The first kappa shape index (κ1) is 18.8. The van der Waals surface area contributed by atoms with Gasteiger partial charge in [-0.2, -0.15) is 0 Å². The number of benzene rings is 1. The number of aryl methyl sites for hydroxylation is 1. The van der Waals surface area contributed by atoms with Crippen LogP contribution in [0.1, 0.15) is 44.6 Å². The lowest BCUT2D eigenvalue weighted by molar-refractivity contribution is -0.134. The zero-order chi connectivity index (χ0) is 18.5. The molecule has 0 unspecified atom stereocenters. The number of piperidine rings is 1. The van der Waals surface area contributed by atoms with E-state index in [0.717, 1.165) is 18.6 Å². The molecule has 1 aromatic carbocycles. The van der Waals surface area contributed by atoms with Gasteiger partial charge in [0.2, 0.25) is 5.91 Å². The Balaban J connectivity index is 1.48. The summed E-state index contributed by atoms with van der Waals surface area (Å²) in [4.78, 5) is 14.5. The van der Waals surface area contributed by atoms with E-state index in [1.807, 2.05) is 36.1 Å². The summed E-state index contributed by atoms with van der Waals surface area (Å²) in [5.41, 5.74) is 1.18. The van der Waals surface area contributed by atoms with E-state index in [4.69, 9.17) is 9.15 Å². The van der Waals surface area contributed by atoms with E-state index in [-0.39, 0.29) is 12.5 Å². The van der Waals surface area contributed by atoms with Gasteiger partial charge < -0.3 is 14.1 Å². The number of amides is 1. The fourth-order valence-electron chi connectivity index (χ4n) is 3.25. The van der Waals surface area contributed by atoms with Gasteiger partial charge in [0, 0.05) is 12.1 Å². The van der Waals surface area contributed by atoms with E-state index in [0.29, 0.717) is 29.0 Å². The molecular formula is C19H25N3O3S. The molecule has 0 spiro atoms. The molecule has 26 heavy (non-hydrogen) atoms. The van der Waals surface area contributed by atoms with Crippen LogP contribution >= 0.6 is 11.8 Å². The van der Waals surface area contributed by atoms with Crippen LogP contribution in [-0.4, -0.2) is 38.8 Å². The molecule has 6 nitrogen and oxygen atoms in total. The maximum absolute atomic E-state index is 12.5. The first-order valence-electron chi connectivity index (χ1n) is 8.98. The molecule has 140 valence electrons. The standard InChI is InChI=1S/C19H25N3O3S/c1-13-7-9-16(10-8-13)24-11-17-20-21-19(25-17)26-12-18(23)22-14(2)5-4-6-15(22)3/h7-10,14-15H,4-6,11-12H2,1-3H3/t14-,15-/m1/s1. The second-order valence-electron chi connectivity index (χ2n) is 6.78. The van der Waals surface area contributed by atoms with Crippen LogP contribution in [0.2, 0.25) is 0 Å². The predicted molar refractivity (Wildman–Crippen MR) is 100 cm³/mol. The molecule has 0 N–H and O–H groups in total. The highest BCUT2D eigenvalue weighted by molar-refractivity contribution is 7.99. The molecule has 0 saturated carbocycles. The van der Waals surface area contributed by atoms with E-state index in [2.05, 4.69) is 24.0 Å². The maximum Gasteiger partial charge on any atom is 0.277 e. The highest BCUT2D eigenvalue weighted by Crippen LogP contribution is 2.25. The van der Waals surface area contributed by atoms with Crippen LogP contribution in [-0.2, 0) is 11.4 Å². The van der Waals surface area contributed by atoms with Gasteiger partial charge in [0.1, 0.15) is 5.75 Å². The minimum atomic E-state index is 0.130. The van der Waals surface area contributed by atoms with E-state index >= 15 is 0 Å². The second-order valence-corrected chi connectivity index (χ2v) is 7.71. The van der Waals surface area contributed by atoms with Gasteiger partial charge in [-0.15, -0.1) is 10.2 Å². The Morgan fingerprint density at radius 3 is 2.62 bits per heavy atom. The summed E-state index contributed by atoms with van der Waals surface area (Å²) >= 11 is 1.28. The molecule has 2 atom stereocenters. The Morgan fingerprint density at radius 2 is 1.92 bits per heavy atom. The zero-order valence-corrected chi connectivity index (χ0v) is 16.3. The molecule has 0 radical (unpaired) electrons. The molecule has 1 aliphatic heterocycles. The SMILES string of the molecule is Cc1ccc(OCc2nnc(SCC(=O)N3[C@H](C)CCC[C@H]3C)o2)cc1. The number of thioether (sulfide) groups is 1. The van der Waals surface area contributed by atoms with Gasteiger partial charge in [-0.25, -0.2) is 0 Å². The topological polar surface area (TPSA) is 68.5 Å². The zero-order valence-electron chi connectivity index (χ0n) is 15.5. The smallest absolute Gasteiger partial charge is 0.277 e. The number of nitrogens with zero attached hydrogens (tertiary/aromatic N) is 3. The van der Waals surface area contributed by atoms with Crippen molar-refractivity contribution in [3.05, 3.63) is 35.7 Å². The normalized spacial score (nSPS) is 20.2. The van der Waals surface area contributed by atoms with Crippen molar-refractivity contribution in [1.29, 1.82) is 0 Å². The monoisotopic (exact) mass is 375 g/mol. The molecule has 3 rings (SSSR count). The van der Waals surface area contributed by atoms with Crippen molar-refractivity contribution in [3.63, 3.8) is 0 Å². The molecule has 1 amide bonds. The van der Waals surface area contributed by atoms with Crippen LogP contribution in [0.25, 0.3) is 0 Å². The highest BCUT2D eigenvalue weighted by atomic mass is 32.2. The number of aromatic nitrogens is 2. The van der Waals surface area contributed by atoms with E-state index in [1.54, 1.807) is 0 Å². The van der Waals surface area contributed by atoms with E-state index in [9.17, 15) is 4.79 Å². The van der Waals surface area contributed by atoms with Gasteiger partial charge in [-0.05, 0) is 52.2 Å². The van der Waals surface area contributed by atoms with Gasteiger partial charge in [0.15, 0.2) is 6.61 Å². The Hall–Kier alpha value is -2.02. The first-order chi connectivity index (χ1) is 12.5. The number of rotatable bonds is 6. The maximum atomic E-state index is 12.5. The van der Waals surface area contributed by atoms with Crippen LogP contribution in [0.15, 0.2) is 33.9 Å². The average molecular weight is 375 g/mol. The predicted octanol–water partition coefficient (Wildman–Crippen LogP) is 3.84. The lowest BCUT2D eigenvalue weighted by Crippen LogP contribution is -2.48. The van der Waals surface area contributed by atoms with Crippen molar-refractivity contribution >= 4 is 17.7 Å². The number of hydrogen-bond donors (Lipinski definition) is 0. The van der Waals surface area contributed by atoms with Gasteiger partial charge in [-0.3, -0.25) is 4.79 Å². The van der Waals surface area contributed by atoms with Crippen molar-refractivity contribution in [1.82, 2.24) is 15.1 Å². The Kier molecular flexibility index (Phi) is 6.19. The molecule has 7 heteroatoms. The fourth-order valence-corrected chi connectivity index (χ4v) is 3.90. The van der Waals surface area contributed by atoms with Crippen LogP contribution in [0.5, 0.6) is 5.75 Å². The second kappa shape index (κ2) is 8.58. The summed E-state index contributed by atoms with van der Waals surface area (Å²) in [5.74, 6) is 1.60. The molecule has 1 aromatic heterocycles. The number of ether oxygens (including phenoxy) is 1. The summed E-state index contributed by atoms with van der Waals surface area (Å²) in [6.07, 6.45) is 3.33. The fraction of sp³-hybridized carbons (Fsp3) is 0.526. The third kappa shape index (κ3) is 4.78. The molecule has 0 aliphatic carbocycles. The summed E-state index contributed by atoms with van der Waals surface area (Å²) in [6.45, 7) is 6.47. The molecule has 1 saturated heterocycles. The molecule has 2 heterocycles. The molecule has 1 aliphatic rings. The lowest BCUT2D eigenvalue weighted by atomic mass is 9.98. The molecular weight excluding hydrogens is 350 g/mol. The van der Waals surface area contributed by atoms with Crippen molar-refractivity contribution in [2.75, 3.05) is 5.75 Å². The molecule has 2 aromatic rings. The third-order valence-corrected chi connectivity index (χ3v) is 5.44. The van der Waals surface area contributed by atoms with Gasteiger partial charge in [0.25, 0.3) is 11.1 Å². The average Bonchev–Trinajstić information content (AvgIpc) is 3.07. The van der Waals surface area contributed by atoms with Crippen LogP contribution in [0.3, 0.4) is 0 Å². The van der Waals surface area contributed by atoms with Gasteiger partial charge in [0.05, 0.1) is 5.75 Å².